The molecule has 9 heteroatoms. The highest BCUT2D eigenvalue weighted by Gasteiger charge is 2.25. The van der Waals surface area contributed by atoms with E-state index in [4.69, 9.17) is 0 Å². The largest absolute Gasteiger partial charge is 0.346 e. The van der Waals surface area contributed by atoms with Crippen LogP contribution in [-0.4, -0.2) is 30.4 Å². The Bertz CT molecular complexity index is 687. The molecule has 0 spiro atoms. The Hall–Kier alpha value is -2.71. The minimum Gasteiger partial charge on any atom is -0.346 e. The van der Waals surface area contributed by atoms with Crippen LogP contribution in [-0.2, 0) is 20.1 Å². The maximum absolute atomic E-state index is 12.1. The Labute approximate surface area is 120 Å². The molecule has 2 aromatic heterocycles. The lowest BCUT2D eigenvalue weighted by atomic mass is 10.2. The average molecular weight is 292 g/mol. The van der Waals surface area contributed by atoms with Crippen molar-refractivity contribution < 1.29 is 9.72 Å². The molecule has 0 aromatic carbocycles. The zero-order valence-electron chi connectivity index (χ0n) is 12.0. The first-order chi connectivity index (χ1) is 9.93. The second-order valence-corrected chi connectivity index (χ2v) is 4.54. The van der Waals surface area contributed by atoms with E-state index in [-0.39, 0.29) is 17.9 Å². The van der Waals surface area contributed by atoms with Crippen molar-refractivity contribution in [1.82, 2.24) is 24.9 Å². The molecule has 21 heavy (non-hydrogen) atoms. The van der Waals surface area contributed by atoms with E-state index >= 15 is 0 Å². The van der Waals surface area contributed by atoms with Crippen molar-refractivity contribution >= 4 is 11.6 Å². The summed E-state index contributed by atoms with van der Waals surface area (Å²) in [6.07, 6.45) is 2.91. The molecule has 0 bridgehead atoms. The van der Waals surface area contributed by atoms with Crippen LogP contribution in [0.2, 0.25) is 0 Å². The van der Waals surface area contributed by atoms with Gasteiger partial charge >= 0.3 is 5.69 Å². The Morgan fingerprint density at radius 2 is 2.24 bits per heavy atom. The maximum Gasteiger partial charge on any atom is 0.320 e. The quantitative estimate of drug-likeness (QED) is 0.647. The van der Waals surface area contributed by atoms with Gasteiger partial charge in [0.1, 0.15) is 6.20 Å². The molecule has 1 amide bonds. The molecule has 0 aliphatic heterocycles. The van der Waals surface area contributed by atoms with Crippen LogP contribution in [0.3, 0.4) is 0 Å². The number of nitrogens with one attached hydrogen (secondary N) is 1. The van der Waals surface area contributed by atoms with Gasteiger partial charge in [-0.3, -0.25) is 24.3 Å². The average Bonchev–Trinajstić information content (AvgIpc) is 2.99. The molecule has 2 heterocycles. The van der Waals surface area contributed by atoms with Gasteiger partial charge in [0.2, 0.25) is 5.69 Å². The highest BCUT2D eigenvalue weighted by atomic mass is 16.6. The van der Waals surface area contributed by atoms with Crippen LogP contribution >= 0.6 is 0 Å². The van der Waals surface area contributed by atoms with E-state index in [1.807, 2.05) is 20.0 Å². The first kappa shape index (κ1) is 14.7. The Kier molecular flexibility index (Phi) is 4.01. The summed E-state index contributed by atoms with van der Waals surface area (Å²) in [5.41, 5.74) is 1.31. The van der Waals surface area contributed by atoms with Crippen molar-refractivity contribution in [1.29, 1.82) is 0 Å². The van der Waals surface area contributed by atoms with Gasteiger partial charge in [0.15, 0.2) is 0 Å². The predicted octanol–water partition coefficient (Wildman–Crippen LogP) is 0.783. The summed E-state index contributed by atoms with van der Waals surface area (Å²) in [6, 6.07) is 0. The van der Waals surface area contributed by atoms with E-state index in [2.05, 4.69) is 15.5 Å². The molecule has 9 nitrogen and oxygen atoms in total. The highest BCUT2D eigenvalue weighted by molar-refractivity contribution is 5.96. The van der Waals surface area contributed by atoms with Gasteiger partial charge in [0.05, 0.1) is 10.6 Å². The summed E-state index contributed by atoms with van der Waals surface area (Å²) in [5, 5.41) is 21.5. The predicted molar refractivity (Wildman–Crippen MR) is 73.7 cm³/mol. The van der Waals surface area contributed by atoms with Gasteiger partial charge in [-0.2, -0.15) is 10.2 Å². The van der Waals surface area contributed by atoms with E-state index in [0.29, 0.717) is 0 Å². The minimum absolute atomic E-state index is 0.0689. The topological polar surface area (TPSA) is 108 Å². The van der Waals surface area contributed by atoms with Crippen molar-refractivity contribution in [3.8, 4) is 0 Å². The molecule has 112 valence electrons. The van der Waals surface area contributed by atoms with Gasteiger partial charge < -0.3 is 5.32 Å². The summed E-state index contributed by atoms with van der Waals surface area (Å²) < 4.78 is 2.96. The number of carbonyl (C=O) groups excluding carboxylic acids is 1. The van der Waals surface area contributed by atoms with Gasteiger partial charge in [-0.25, -0.2) is 0 Å². The molecule has 0 saturated carbocycles. The van der Waals surface area contributed by atoms with Crippen molar-refractivity contribution in [3.05, 3.63) is 39.5 Å². The number of aryl methyl sites for hydroxylation is 3. The highest BCUT2D eigenvalue weighted by Crippen LogP contribution is 2.16. The van der Waals surface area contributed by atoms with Crippen LogP contribution in [0.4, 0.5) is 5.69 Å². The first-order valence-electron chi connectivity index (χ1n) is 6.41. The second kappa shape index (κ2) is 5.73. The van der Waals surface area contributed by atoms with E-state index in [9.17, 15) is 14.9 Å². The minimum atomic E-state index is -0.623. The smallest absolute Gasteiger partial charge is 0.320 e. The number of hydrogen-bond donors (Lipinski definition) is 1. The third kappa shape index (κ3) is 2.91. The Balaban J connectivity index is 2.13. The van der Waals surface area contributed by atoms with Crippen LogP contribution < -0.4 is 5.32 Å². The maximum atomic E-state index is 12.1. The summed E-state index contributed by atoms with van der Waals surface area (Å²) >= 11 is 0. The van der Waals surface area contributed by atoms with Crippen molar-refractivity contribution in [3.63, 3.8) is 0 Å². The lowest BCUT2D eigenvalue weighted by Crippen LogP contribution is -2.26. The van der Waals surface area contributed by atoms with Gasteiger partial charge in [-0.15, -0.1) is 0 Å². The number of aromatic nitrogens is 4. The molecule has 0 unspecified atom stereocenters. The molecule has 0 radical (unpaired) electrons. The van der Waals surface area contributed by atoms with Crippen molar-refractivity contribution in [2.45, 2.75) is 26.9 Å². The molecular formula is C12H16N6O3. The zero-order valence-corrected chi connectivity index (χ0v) is 12.0. The van der Waals surface area contributed by atoms with E-state index < -0.39 is 10.8 Å². The third-order valence-electron chi connectivity index (χ3n) is 3.14. The molecule has 0 saturated heterocycles. The molecular weight excluding hydrogens is 276 g/mol. The van der Waals surface area contributed by atoms with Crippen molar-refractivity contribution in [2.75, 3.05) is 0 Å². The molecule has 1 N–H and O–H groups in total. The van der Waals surface area contributed by atoms with Crippen LogP contribution in [0, 0.1) is 17.0 Å². The van der Waals surface area contributed by atoms with Gasteiger partial charge in [-0.05, 0) is 13.8 Å². The first-order valence-corrected chi connectivity index (χ1v) is 6.41. The lowest BCUT2D eigenvalue weighted by Gasteiger charge is -2.04. The Morgan fingerprint density at radius 3 is 2.81 bits per heavy atom. The van der Waals surface area contributed by atoms with E-state index in [0.717, 1.165) is 24.0 Å². The number of nitro groups is 1. The van der Waals surface area contributed by atoms with Crippen molar-refractivity contribution in [2.24, 2.45) is 7.05 Å². The van der Waals surface area contributed by atoms with Gasteiger partial charge in [0, 0.05) is 31.9 Å². The monoisotopic (exact) mass is 292 g/mol. The van der Waals surface area contributed by atoms with Crippen LogP contribution in [0.1, 0.15) is 28.7 Å². The lowest BCUT2D eigenvalue weighted by molar-refractivity contribution is -0.385. The summed E-state index contributed by atoms with van der Waals surface area (Å²) in [4.78, 5) is 22.4. The molecule has 2 rings (SSSR count). The second-order valence-electron chi connectivity index (χ2n) is 4.54. The summed E-state index contributed by atoms with van der Waals surface area (Å²) in [7, 11) is 1.49. The molecule has 0 fully saturated rings. The molecule has 2 aromatic rings. The normalized spacial score (nSPS) is 10.6. The molecule has 0 aliphatic carbocycles. The molecule has 0 atom stereocenters. The summed E-state index contributed by atoms with van der Waals surface area (Å²) in [6.45, 7) is 4.81. The third-order valence-corrected chi connectivity index (χ3v) is 3.14. The zero-order chi connectivity index (χ0) is 15.6. The summed E-state index contributed by atoms with van der Waals surface area (Å²) in [5.74, 6) is -0.537. The van der Waals surface area contributed by atoms with Crippen LogP contribution in [0.15, 0.2) is 12.4 Å². The van der Waals surface area contributed by atoms with Gasteiger partial charge in [0.25, 0.3) is 5.91 Å². The number of amides is 1. The fourth-order valence-corrected chi connectivity index (χ4v) is 1.98. The number of carbonyl (C=O) groups is 1. The fourth-order valence-electron chi connectivity index (χ4n) is 1.98. The fraction of sp³-hybridized carbons (Fsp3) is 0.417. The number of rotatable bonds is 5. The van der Waals surface area contributed by atoms with E-state index in [1.54, 1.807) is 4.68 Å². The van der Waals surface area contributed by atoms with Crippen LogP contribution in [0.25, 0.3) is 0 Å². The van der Waals surface area contributed by atoms with E-state index in [1.165, 1.54) is 11.7 Å². The molecule has 0 aliphatic rings. The number of hydrogen-bond acceptors (Lipinski definition) is 5. The SMILES string of the molecule is CCn1cc(CNC(=O)c2c([N+](=O)[O-])cnn2C)c(C)n1. The van der Waals surface area contributed by atoms with Crippen LogP contribution in [0.5, 0.6) is 0 Å². The van der Waals surface area contributed by atoms with Gasteiger partial charge in [-0.1, -0.05) is 0 Å². The standard InChI is InChI=1S/C12H16N6O3/c1-4-17-7-9(8(2)15-17)5-13-12(19)11-10(18(20)21)6-14-16(11)3/h6-7H,4-5H2,1-3H3,(H,13,19). The number of nitrogens with zero attached hydrogens (tertiary/aromatic N) is 5. The Morgan fingerprint density at radius 1 is 1.52 bits per heavy atom.